The molecule has 0 bridgehead atoms. The van der Waals surface area contributed by atoms with E-state index in [1.54, 1.807) is 0 Å². The molecule has 0 heterocycles. The molecular weight excluding hydrogens is 204 g/mol. The molecule has 1 radical (unpaired) electrons. The van der Waals surface area contributed by atoms with Crippen molar-refractivity contribution in [2.45, 2.75) is 90.4 Å². The summed E-state index contributed by atoms with van der Waals surface area (Å²) in [5.74, 6) is 0. The molecule has 0 saturated heterocycles. The van der Waals surface area contributed by atoms with E-state index in [2.05, 4.69) is 26.0 Å². The smallest absolute Gasteiger partial charge is 0.0351 e. The Morgan fingerprint density at radius 2 is 1.12 bits per heavy atom. The molecule has 0 aromatic carbocycles. The van der Waals surface area contributed by atoms with E-state index in [9.17, 15) is 0 Å². The Hall–Kier alpha value is -0.260. The van der Waals surface area contributed by atoms with Crippen LogP contribution >= 0.6 is 0 Å². The van der Waals surface area contributed by atoms with Crippen LogP contribution in [0.2, 0.25) is 0 Å². The number of rotatable bonds is 13. The first-order valence-electron chi connectivity index (χ1n) is 7.86. The summed E-state index contributed by atoms with van der Waals surface area (Å²) in [4.78, 5) is 0. The number of hydrogen-bond acceptors (Lipinski definition) is 0. The molecule has 0 atom stereocenters. The van der Waals surface area contributed by atoms with Crippen molar-refractivity contribution in [3.05, 3.63) is 19.1 Å². The zero-order valence-corrected chi connectivity index (χ0v) is 12.1. The normalized spacial score (nSPS) is 11.4. The fourth-order valence-corrected chi connectivity index (χ4v) is 2.06. The third-order valence-electron chi connectivity index (χ3n) is 3.26. The van der Waals surface area contributed by atoms with Crippen molar-refractivity contribution < 1.29 is 0 Å². The van der Waals surface area contributed by atoms with Crippen LogP contribution in [0.15, 0.2) is 12.2 Å². The average Bonchev–Trinajstić information content (AvgIpc) is 2.35. The van der Waals surface area contributed by atoms with Gasteiger partial charge in [0.1, 0.15) is 0 Å². The van der Waals surface area contributed by atoms with E-state index in [4.69, 9.17) is 0 Å². The molecule has 0 aliphatic rings. The molecule has 0 N–H and O–H groups in total. The topological polar surface area (TPSA) is 0 Å². The Labute approximate surface area is 110 Å². The summed E-state index contributed by atoms with van der Waals surface area (Å²) in [6.07, 6.45) is 22.4. The van der Waals surface area contributed by atoms with Crippen LogP contribution in [0.1, 0.15) is 90.4 Å². The minimum Gasteiger partial charge on any atom is -0.0885 e. The Balaban J connectivity index is 2.96. The largest absolute Gasteiger partial charge is 0.0885 e. The third-order valence-corrected chi connectivity index (χ3v) is 3.26. The molecule has 0 aliphatic carbocycles. The van der Waals surface area contributed by atoms with E-state index >= 15 is 0 Å². The zero-order valence-electron chi connectivity index (χ0n) is 12.1. The second kappa shape index (κ2) is 15.7. The molecule has 0 nitrogen and oxygen atoms in total. The van der Waals surface area contributed by atoms with Gasteiger partial charge < -0.3 is 0 Å². The monoisotopic (exact) mass is 237 g/mol. The Bertz CT molecular complexity index is 146. The summed E-state index contributed by atoms with van der Waals surface area (Å²) in [5.41, 5.74) is 0. The van der Waals surface area contributed by atoms with Crippen LogP contribution in [0, 0.1) is 6.92 Å². The fourth-order valence-electron chi connectivity index (χ4n) is 2.06. The third kappa shape index (κ3) is 15.7. The zero-order chi connectivity index (χ0) is 12.6. The van der Waals surface area contributed by atoms with Gasteiger partial charge in [-0.1, -0.05) is 90.2 Å². The molecule has 0 rings (SSSR count). The van der Waals surface area contributed by atoms with Crippen molar-refractivity contribution in [2.75, 3.05) is 0 Å². The first-order chi connectivity index (χ1) is 8.41. The van der Waals surface area contributed by atoms with Crippen molar-refractivity contribution in [1.29, 1.82) is 0 Å². The van der Waals surface area contributed by atoms with Gasteiger partial charge in [0.25, 0.3) is 0 Å². The summed E-state index contributed by atoms with van der Waals surface area (Å²) >= 11 is 0. The van der Waals surface area contributed by atoms with Crippen LogP contribution < -0.4 is 0 Å². The summed E-state index contributed by atoms with van der Waals surface area (Å²) in [6, 6.07) is 0. The summed E-state index contributed by atoms with van der Waals surface area (Å²) < 4.78 is 0. The van der Waals surface area contributed by atoms with Crippen LogP contribution in [0.3, 0.4) is 0 Å². The summed E-state index contributed by atoms with van der Waals surface area (Å²) in [6.45, 7) is 6.13. The second-order valence-electron chi connectivity index (χ2n) is 5.08. The lowest BCUT2D eigenvalue weighted by Crippen LogP contribution is -1.80. The van der Waals surface area contributed by atoms with E-state index in [0.29, 0.717) is 0 Å². The predicted octanol–water partition coefficient (Wildman–Crippen LogP) is 6.47. The standard InChI is InChI=1S/C17H33/c1-3-5-7-9-11-13-15-17-16-14-12-10-8-6-4-2/h10,12H,1,3-9,11,13-17H2,2H3. The van der Waals surface area contributed by atoms with Crippen molar-refractivity contribution in [2.24, 2.45) is 0 Å². The molecule has 17 heavy (non-hydrogen) atoms. The number of unbranched alkanes of at least 4 members (excludes halogenated alkanes) is 11. The Morgan fingerprint density at radius 1 is 0.647 bits per heavy atom. The van der Waals surface area contributed by atoms with E-state index in [0.717, 1.165) is 6.42 Å². The SMILES string of the molecule is [CH2]CCCCCCCCCCC=CCCCC. The molecular formula is C17H33. The molecule has 0 heteroatoms. The Kier molecular flexibility index (Phi) is 15.5. The first-order valence-corrected chi connectivity index (χ1v) is 7.86. The van der Waals surface area contributed by atoms with Crippen LogP contribution in [-0.4, -0.2) is 0 Å². The summed E-state index contributed by atoms with van der Waals surface area (Å²) in [5, 5.41) is 0. The van der Waals surface area contributed by atoms with Crippen molar-refractivity contribution in [1.82, 2.24) is 0 Å². The maximum Gasteiger partial charge on any atom is -0.0351 e. The lowest BCUT2D eigenvalue weighted by molar-refractivity contribution is 0.571. The minimum absolute atomic E-state index is 1.12. The highest BCUT2D eigenvalue weighted by molar-refractivity contribution is 4.81. The van der Waals surface area contributed by atoms with Crippen LogP contribution in [-0.2, 0) is 0 Å². The molecule has 0 aromatic heterocycles. The molecule has 0 fully saturated rings. The quantitative estimate of drug-likeness (QED) is 0.254. The van der Waals surface area contributed by atoms with Crippen molar-refractivity contribution >= 4 is 0 Å². The van der Waals surface area contributed by atoms with Gasteiger partial charge in [-0.2, -0.15) is 0 Å². The van der Waals surface area contributed by atoms with Gasteiger partial charge in [-0.15, -0.1) is 0 Å². The van der Waals surface area contributed by atoms with Crippen molar-refractivity contribution in [3.63, 3.8) is 0 Å². The van der Waals surface area contributed by atoms with Crippen LogP contribution in [0.4, 0.5) is 0 Å². The lowest BCUT2D eigenvalue weighted by Gasteiger charge is -2.00. The van der Waals surface area contributed by atoms with Gasteiger partial charge in [-0.3, -0.25) is 0 Å². The molecule has 0 aliphatic heterocycles. The molecule has 0 amide bonds. The Morgan fingerprint density at radius 3 is 1.65 bits per heavy atom. The van der Waals surface area contributed by atoms with Gasteiger partial charge in [-0.05, 0) is 19.3 Å². The molecule has 101 valence electrons. The van der Waals surface area contributed by atoms with Gasteiger partial charge >= 0.3 is 0 Å². The highest BCUT2D eigenvalue weighted by atomic mass is 14.0. The van der Waals surface area contributed by atoms with Crippen molar-refractivity contribution in [3.8, 4) is 0 Å². The van der Waals surface area contributed by atoms with Gasteiger partial charge in [0, 0.05) is 0 Å². The van der Waals surface area contributed by atoms with Gasteiger partial charge in [0.05, 0.1) is 0 Å². The molecule has 0 unspecified atom stereocenters. The molecule has 0 aromatic rings. The summed E-state index contributed by atoms with van der Waals surface area (Å²) in [7, 11) is 0. The second-order valence-corrected chi connectivity index (χ2v) is 5.08. The van der Waals surface area contributed by atoms with Gasteiger partial charge in [0.2, 0.25) is 0 Å². The van der Waals surface area contributed by atoms with Crippen LogP contribution in [0.5, 0.6) is 0 Å². The maximum atomic E-state index is 3.87. The van der Waals surface area contributed by atoms with E-state index in [-0.39, 0.29) is 0 Å². The fraction of sp³-hybridized carbons (Fsp3) is 0.824. The number of hydrogen-bond donors (Lipinski definition) is 0. The predicted molar refractivity (Wildman–Crippen MR) is 80.2 cm³/mol. The molecule has 0 saturated carbocycles. The molecule has 0 spiro atoms. The minimum atomic E-state index is 1.12. The maximum absolute atomic E-state index is 3.87. The lowest BCUT2D eigenvalue weighted by atomic mass is 10.1. The van der Waals surface area contributed by atoms with E-state index < -0.39 is 0 Å². The van der Waals surface area contributed by atoms with E-state index in [1.807, 2.05) is 0 Å². The van der Waals surface area contributed by atoms with Gasteiger partial charge in [-0.25, -0.2) is 0 Å². The first kappa shape index (κ1) is 16.7. The highest BCUT2D eigenvalue weighted by Gasteiger charge is 1.91. The average molecular weight is 237 g/mol. The number of allylic oxidation sites excluding steroid dienone is 2. The van der Waals surface area contributed by atoms with E-state index in [1.165, 1.54) is 77.0 Å². The van der Waals surface area contributed by atoms with Gasteiger partial charge in [0.15, 0.2) is 0 Å². The highest BCUT2D eigenvalue weighted by Crippen LogP contribution is 2.10. The van der Waals surface area contributed by atoms with Crippen LogP contribution in [0.25, 0.3) is 0 Å².